The van der Waals surface area contributed by atoms with Crippen molar-refractivity contribution in [3.8, 4) is 5.75 Å². The highest BCUT2D eigenvalue weighted by Gasteiger charge is 2.40. The van der Waals surface area contributed by atoms with Crippen molar-refractivity contribution < 1.29 is 9.84 Å². The summed E-state index contributed by atoms with van der Waals surface area (Å²) in [7, 11) is 1.66. The van der Waals surface area contributed by atoms with Gasteiger partial charge in [-0.3, -0.25) is 4.90 Å². The number of hydrogen-bond donors (Lipinski definition) is 1. The van der Waals surface area contributed by atoms with Gasteiger partial charge in [0.1, 0.15) is 11.9 Å². The van der Waals surface area contributed by atoms with E-state index >= 15 is 0 Å². The molecule has 0 amide bonds. The summed E-state index contributed by atoms with van der Waals surface area (Å²) in [6.07, 6.45) is 1.26. The maximum Gasteiger partial charge on any atom is 0.124 e. The van der Waals surface area contributed by atoms with E-state index in [1.807, 2.05) is 25.1 Å². The normalized spacial score (nSPS) is 13.5. The van der Waals surface area contributed by atoms with Gasteiger partial charge in [0.25, 0.3) is 0 Å². The number of likely N-dealkylation sites (N-methyl/N-ethyl adjacent to an activating group) is 1. The molecule has 0 aliphatic rings. The van der Waals surface area contributed by atoms with Crippen LogP contribution in [0.5, 0.6) is 5.75 Å². The molecular formula is C18H31NO2. The summed E-state index contributed by atoms with van der Waals surface area (Å²) in [5.41, 5.74) is 1.79. The lowest BCUT2D eigenvalue weighted by Gasteiger charge is -2.46. The molecule has 0 aliphatic heterocycles. The van der Waals surface area contributed by atoms with E-state index in [0.29, 0.717) is 0 Å². The first kappa shape index (κ1) is 18.0. The molecule has 0 bridgehead atoms. The summed E-state index contributed by atoms with van der Waals surface area (Å²) in [6.45, 7) is 12.5. The van der Waals surface area contributed by atoms with E-state index in [1.54, 1.807) is 7.11 Å². The second kappa shape index (κ2) is 7.81. The Labute approximate surface area is 129 Å². The summed E-state index contributed by atoms with van der Waals surface area (Å²) in [6, 6.07) is 6.02. The summed E-state index contributed by atoms with van der Waals surface area (Å²) in [5, 5.41) is 11.2. The molecule has 0 aliphatic carbocycles. The van der Waals surface area contributed by atoms with E-state index in [9.17, 15) is 5.11 Å². The zero-order valence-corrected chi connectivity index (χ0v) is 14.4. The van der Waals surface area contributed by atoms with Crippen molar-refractivity contribution in [2.24, 2.45) is 0 Å². The zero-order valence-electron chi connectivity index (χ0n) is 14.4. The Hall–Kier alpha value is -1.06. The highest BCUT2D eigenvalue weighted by Crippen LogP contribution is 2.40. The third-order valence-corrected chi connectivity index (χ3v) is 4.81. The number of aryl methyl sites for hydroxylation is 1. The fourth-order valence-electron chi connectivity index (χ4n) is 3.47. The molecule has 120 valence electrons. The molecule has 1 unspecified atom stereocenters. The highest BCUT2D eigenvalue weighted by molar-refractivity contribution is 5.40. The quantitative estimate of drug-likeness (QED) is 0.788. The number of nitrogens with zero attached hydrogens (tertiary/aromatic N) is 1. The SMILES string of the molecule is CCN(CC)C(CC)(CC)C(O)c1cc(C)ccc1OC. The van der Waals surface area contributed by atoms with Crippen LogP contribution in [0.2, 0.25) is 0 Å². The molecule has 3 heteroatoms. The van der Waals surface area contributed by atoms with E-state index in [-0.39, 0.29) is 5.54 Å². The molecule has 1 aromatic carbocycles. The second-order valence-electron chi connectivity index (χ2n) is 5.63. The fraction of sp³-hybridized carbons (Fsp3) is 0.667. The van der Waals surface area contributed by atoms with Crippen LogP contribution in [0, 0.1) is 6.92 Å². The third-order valence-electron chi connectivity index (χ3n) is 4.81. The largest absolute Gasteiger partial charge is 0.496 e. The molecule has 1 atom stereocenters. The molecule has 1 N–H and O–H groups in total. The van der Waals surface area contributed by atoms with Crippen molar-refractivity contribution >= 4 is 0 Å². The number of methoxy groups -OCH3 is 1. The third kappa shape index (κ3) is 3.41. The molecule has 1 aromatic rings. The molecule has 0 spiro atoms. The molecule has 0 aromatic heterocycles. The van der Waals surface area contributed by atoms with Gasteiger partial charge in [-0.15, -0.1) is 0 Å². The maximum absolute atomic E-state index is 11.2. The fourth-order valence-corrected chi connectivity index (χ4v) is 3.47. The lowest BCUT2D eigenvalue weighted by atomic mass is 9.80. The topological polar surface area (TPSA) is 32.7 Å². The molecule has 3 nitrogen and oxygen atoms in total. The van der Waals surface area contributed by atoms with Crippen LogP contribution in [-0.2, 0) is 0 Å². The number of hydrogen-bond acceptors (Lipinski definition) is 3. The van der Waals surface area contributed by atoms with Crippen LogP contribution in [0.1, 0.15) is 57.8 Å². The summed E-state index contributed by atoms with van der Waals surface area (Å²) in [5.74, 6) is 0.770. The van der Waals surface area contributed by atoms with Crippen molar-refractivity contribution in [3.63, 3.8) is 0 Å². The van der Waals surface area contributed by atoms with E-state index < -0.39 is 6.10 Å². The molecule has 0 radical (unpaired) electrons. The van der Waals surface area contributed by atoms with Gasteiger partial charge in [0.05, 0.1) is 12.6 Å². The monoisotopic (exact) mass is 293 g/mol. The predicted molar refractivity (Wildman–Crippen MR) is 88.9 cm³/mol. The number of rotatable bonds is 8. The van der Waals surface area contributed by atoms with Crippen molar-refractivity contribution in [1.82, 2.24) is 4.90 Å². The van der Waals surface area contributed by atoms with Gasteiger partial charge in [0.2, 0.25) is 0 Å². The first-order chi connectivity index (χ1) is 10.00. The van der Waals surface area contributed by atoms with Crippen LogP contribution < -0.4 is 4.74 Å². The summed E-state index contributed by atoms with van der Waals surface area (Å²) < 4.78 is 5.47. The van der Waals surface area contributed by atoms with Crippen LogP contribution in [0.25, 0.3) is 0 Å². The number of aliphatic hydroxyl groups is 1. The van der Waals surface area contributed by atoms with Gasteiger partial charge < -0.3 is 9.84 Å². The lowest BCUT2D eigenvalue weighted by molar-refractivity contribution is -0.0375. The summed E-state index contributed by atoms with van der Waals surface area (Å²) in [4.78, 5) is 2.37. The first-order valence-corrected chi connectivity index (χ1v) is 8.08. The van der Waals surface area contributed by atoms with Gasteiger partial charge in [0.15, 0.2) is 0 Å². The van der Waals surface area contributed by atoms with Crippen LogP contribution in [-0.4, -0.2) is 35.7 Å². The van der Waals surface area contributed by atoms with Gasteiger partial charge in [-0.1, -0.05) is 39.3 Å². The highest BCUT2D eigenvalue weighted by atomic mass is 16.5. The molecule has 21 heavy (non-hydrogen) atoms. The first-order valence-electron chi connectivity index (χ1n) is 8.08. The van der Waals surface area contributed by atoms with Crippen molar-refractivity contribution in [2.75, 3.05) is 20.2 Å². The molecule has 0 saturated carbocycles. The van der Waals surface area contributed by atoms with E-state index in [1.165, 1.54) is 0 Å². The van der Waals surface area contributed by atoms with E-state index in [4.69, 9.17) is 4.74 Å². The van der Waals surface area contributed by atoms with Gasteiger partial charge >= 0.3 is 0 Å². The summed E-state index contributed by atoms with van der Waals surface area (Å²) >= 11 is 0. The minimum absolute atomic E-state index is 0.245. The van der Waals surface area contributed by atoms with Crippen molar-refractivity contribution in [1.29, 1.82) is 0 Å². The molecule has 1 rings (SSSR count). The number of aliphatic hydroxyl groups excluding tert-OH is 1. The second-order valence-corrected chi connectivity index (χ2v) is 5.63. The smallest absolute Gasteiger partial charge is 0.124 e. The Morgan fingerprint density at radius 1 is 1.14 bits per heavy atom. The zero-order chi connectivity index (χ0) is 16.0. The van der Waals surface area contributed by atoms with Crippen LogP contribution in [0.15, 0.2) is 18.2 Å². The minimum Gasteiger partial charge on any atom is -0.496 e. The molecule has 0 heterocycles. The van der Waals surface area contributed by atoms with Gasteiger partial charge in [-0.25, -0.2) is 0 Å². The van der Waals surface area contributed by atoms with Crippen LogP contribution in [0.4, 0.5) is 0 Å². The maximum atomic E-state index is 11.2. The molecular weight excluding hydrogens is 262 g/mol. The Bertz CT molecular complexity index is 437. The van der Waals surface area contributed by atoms with Crippen LogP contribution in [0.3, 0.4) is 0 Å². The molecule has 0 saturated heterocycles. The average molecular weight is 293 g/mol. The lowest BCUT2D eigenvalue weighted by Crippen LogP contribution is -2.52. The predicted octanol–water partition coefficient (Wildman–Crippen LogP) is 3.94. The Kier molecular flexibility index (Phi) is 6.69. The van der Waals surface area contributed by atoms with Crippen molar-refractivity contribution in [3.05, 3.63) is 29.3 Å². The number of benzene rings is 1. The van der Waals surface area contributed by atoms with Crippen molar-refractivity contribution in [2.45, 2.75) is 59.1 Å². The Morgan fingerprint density at radius 3 is 2.14 bits per heavy atom. The van der Waals surface area contributed by atoms with Crippen LogP contribution >= 0.6 is 0 Å². The average Bonchev–Trinajstić information content (AvgIpc) is 2.52. The number of ether oxygens (including phenoxy) is 1. The minimum atomic E-state index is -0.553. The van der Waals surface area contributed by atoms with E-state index in [2.05, 4.69) is 32.6 Å². The Morgan fingerprint density at radius 2 is 1.71 bits per heavy atom. The van der Waals surface area contributed by atoms with Gasteiger partial charge in [-0.05, 0) is 45.0 Å². The Balaban J connectivity index is 3.35. The van der Waals surface area contributed by atoms with E-state index in [0.717, 1.165) is 42.8 Å². The standard InChI is InChI=1S/C18H31NO2/c1-7-18(8-2,19(9-3)10-4)17(20)15-13-14(5)11-12-16(15)21-6/h11-13,17,20H,7-10H2,1-6H3. The van der Waals surface area contributed by atoms with Gasteiger partial charge in [0, 0.05) is 5.56 Å². The molecule has 0 fully saturated rings. The van der Waals surface area contributed by atoms with Gasteiger partial charge in [-0.2, -0.15) is 0 Å².